The largest absolute Gasteiger partial charge is 0.464 e. The third-order valence-corrected chi connectivity index (χ3v) is 4.74. The lowest BCUT2D eigenvalue weighted by Gasteiger charge is -2.33. The number of hydrogen-bond acceptors (Lipinski definition) is 4. The second-order valence-electron chi connectivity index (χ2n) is 6.43. The van der Waals surface area contributed by atoms with Gasteiger partial charge in [0.15, 0.2) is 0 Å². The zero-order valence-electron chi connectivity index (χ0n) is 14.1. The van der Waals surface area contributed by atoms with Gasteiger partial charge >= 0.3 is 5.97 Å². The van der Waals surface area contributed by atoms with E-state index in [4.69, 9.17) is 4.74 Å². The van der Waals surface area contributed by atoms with Crippen molar-refractivity contribution in [3.63, 3.8) is 0 Å². The second kappa shape index (κ2) is 7.07. The number of unbranched alkanes of at least 4 members (excludes halogenated alkanes) is 1. The monoisotopic (exact) mass is 314 g/mol. The minimum atomic E-state index is -0.230. The maximum absolute atomic E-state index is 12.3. The first-order valence-corrected chi connectivity index (χ1v) is 8.67. The SMILES string of the molecule is CCCCOC(=O)C1CCCC2=C(N1)N(C)c1ccccc1C2. The normalized spacial score (nSPS) is 20.3. The fraction of sp³-hybridized carbons (Fsp3) is 0.526. The Labute approximate surface area is 138 Å². The molecule has 3 rings (SSSR count). The van der Waals surface area contributed by atoms with Crippen molar-refractivity contribution in [1.82, 2.24) is 5.32 Å². The van der Waals surface area contributed by atoms with Crippen LogP contribution in [0.15, 0.2) is 35.7 Å². The van der Waals surface area contributed by atoms with Crippen molar-refractivity contribution in [2.24, 2.45) is 0 Å². The van der Waals surface area contributed by atoms with Gasteiger partial charge < -0.3 is 15.0 Å². The Morgan fingerprint density at radius 1 is 1.39 bits per heavy atom. The van der Waals surface area contributed by atoms with Gasteiger partial charge in [-0.2, -0.15) is 0 Å². The van der Waals surface area contributed by atoms with E-state index in [9.17, 15) is 4.79 Å². The van der Waals surface area contributed by atoms with Crippen molar-refractivity contribution in [3.05, 3.63) is 41.2 Å². The van der Waals surface area contributed by atoms with Gasteiger partial charge in [0.05, 0.1) is 6.61 Å². The van der Waals surface area contributed by atoms with Gasteiger partial charge in [0.2, 0.25) is 0 Å². The van der Waals surface area contributed by atoms with E-state index < -0.39 is 0 Å². The Hall–Kier alpha value is -1.97. The van der Waals surface area contributed by atoms with Crippen molar-refractivity contribution in [1.29, 1.82) is 0 Å². The third kappa shape index (κ3) is 3.36. The number of para-hydroxylation sites is 1. The molecule has 0 radical (unpaired) electrons. The summed E-state index contributed by atoms with van der Waals surface area (Å²) in [5.41, 5.74) is 3.98. The number of nitrogens with one attached hydrogen (secondary N) is 1. The number of carbonyl (C=O) groups is 1. The molecule has 2 heterocycles. The Morgan fingerprint density at radius 3 is 3.04 bits per heavy atom. The van der Waals surface area contributed by atoms with Crippen LogP contribution in [0.5, 0.6) is 0 Å². The van der Waals surface area contributed by atoms with E-state index >= 15 is 0 Å². The fourth-order valence-corrected chi connectivity index (χ4v) is 3.42. The van der Waals surface area contributed by atoms with E-state index in [2.05, 4.69) is 48.5 Å². The summed E-state index contributed by atoms with van der Waals surface area (Å²) in [4.78, 5) is 14.5. The highest BCUT2D eigenvalue weighted by molar-refractivity contribution is 5.76. The minimum absolute atomic E-state index is 0.112. The zero-order valence-corrected chi connectivity index (χ0v) is 14.1. The quantitative estimate of drug-likeness (QED) is 0.683. The van der Waals surface area contributed by atoms with Crippen LogP contribution in [0, 0.1) is 0 Å². The third-order valence-electron chi connectivity index (χ3n) is 4.74. The molecule has 0 bridgehead atoms. The van der Waals surface area contributed by atoms with Gasteiger partial charge in [-0.25, -0.2) is 4.79 Å². The number of benzene rings is 1. The summed E-state index contributed by atoms with van der Waals surface area (Å²) in [7, 11) is 2.07. The Morgan fingerprint density at radius 2 is 2.22 bits per heavy atom. The number of esters is 1. The first-order valence-electron chi connectivity index (χ1n) is 8.67. The lowest BCUT2D eigenvalue weighted by atomic mass is 9.95. The molecule has 0 saturated heterocycles. The maximum Gasteiger partial charge on any atom is 0.328 e. The molecule has 1 aromatic carbocycles. The van der Waals surface area contributed by atoms with E-state index in [1.165, 1.54) is 16.8 Å². The molecule has 2 aliphatic heterocycles. The Bertz CT molecular complexity index is 609. The molecule has 2 aliphatic rings. The molecule has 1 N–H and O–H groups in total. The molecular formula is C19H26N2O2. The highest BCUT2D eigenvalue weighted by Crippen LogP contribution is 2.34. The van der Waals surface area contributed by atoms with Gasteiger partial charge in [-0.05, 0) is 49.3 Å². The smallest absolute Gasteiger partial charge is 0.328 e. The zero-order chi connectivity index (χ0) is 16.2. The van der Waals surface area contributed by atoms with E-state index in [0.717, 1.165) is 44.3 Å². The topological polar surface area (TPSA) is 41.6 Å². The molecule has 4 heteroatoms. The first kappa shape index (κ1) is 15.9. The molecule has 1 aromatic rings. The van der Waals surface area contributed by atoms with Gasteiger partial charge in [-0.1, -0.05) is 31.5 Å². The molecule has 0 aliphatic carbocycles. The van der Waals surface area contributed by atoms with Crippen LogP contribution in [0.3, 0.4) is 0 Å². The molecule has 0 fully saturated rings. The molecule has 1 atom stereocenters. The van der Waals surface area contributed by atoms with Crippen LogP contribution in [0.4, 0.5) is 5.69 Å². The van der Waals surface area contributed by atoms with E-state index in [1.54, 1.807) is 0 Å². The summed E-state index contributed by atoms with van der Waals surface area (Å²) in [5.74, 6) is 0.984. The molecule has 1 unspecified atom stereocenters. The number of rotatable bonds is 4. The number of nitrogens with zero attached hydrogens (tertiary/aromatic N) is 1. The second-order valence-corrected chi connectivity index (χ2v) is 6.43. The summed E-state index contributed by atoms with van der Waals surface area (Å²) in [6, 6.07) is 8.26. The molecule has 0 aromatic heterocycles. The van der Waals surface area contributed by atoms with Crippen molar-refractivity contribution in [2.75, 3.05) is 18.6 Å². The molecule has 23 heavy (non-hydrogen) atoms. The number of fused-ring (bicyclic) bond motifs is 1. The predicted molar refractivity (Wildman–Crippen MR) is 92.2 cm³/mol. The van der Waals surface area contributed by atoms with Gasteiger partial charge in [0, 0.05) is 12.7 Å². The van der Waals surface area contributed by atoms with Crippen LogP contribution in [0.25, 0.3) is 0 Å². The van der Waals surface area contributed by atoms with E-state index in [-0.39, 0.29) is 12.0 Å². The van der Waals surface area contributed by atoms with Crippen LogP contribution in [0.2, 0.25) is 0 Å². The van der Waals surface area contributed by atoms with E-state index in [0.29, 0.717) is 6.61 Å². The molecule has 0 spiro atoms. The summed E-state index contributed by atoms with van der Waals surface area (Å²) in [6.45, 7) is 2.63. The summed E-state index contributed by atoms with van der Waals surface area (Å²) < 4.78 is 5.42. The maximum atomic E-state index is 12.3. The number of anilines is 1. The number of hydrogen-bond donors (Lipinski definition) is 1. The lowest BCUT2D eigenvalue weighted by molar-refractivity contribution is -0.146. The number of allylic oxidation sites excluding steroid dienone is 1. The molecule has 4 nitrogen and oxygen atoms in total. The van der Waals surface area contributed by atoms with Gasteiger partial charge in [0.25, 0.3) is 0 Å². The summed E-state index contributed by atoms with van der Waals surface area (Å²) >= 11 is 0. The summed E-state index contributed by atoms with van der Waals surface area (Å²) in [6.07, 6.45) is 5.84. The first-order chi connectivity index (χ1) is 11.2. The van der Waals surface area contributed by atoms with Crippen LogP contribution >= 0.6 is 0 Å². The van der Waals surface area contributed by atoms with Crippen molar-refractivity contribution in [3.8, 4) is 0 Å². The highest BCUT2D eigenvalue weighted by atomic mass is 16.5. The highest BCUT2D eigenvalue weighted by Gasteiger charge is 2.30. The van der Waals surface area contributed by atoms with Gasteiger partial charge in [-0.3, -0.25) is 0 Å². The van der Waals surface area contributed by atoms with Crippen LogP contribution < -0.4 is 10.2 Å². The van der Waals surface area contributed by atoms with Gasteiger partial charge in [0.1, 0.15) is 11.9 Å². The van der Waals surface area contributed by atoms with E-state index in [1.807, 2.05) is 0 Å². The average molecular weight is 314 g/mol. The lowest BCUT2D eigenvalue weighted by Crippen LogP contribution is -2.42. The molecule has 0 saturated carbocycles. The number of ether oxygens (including phenoxy) is 1. The molecule has 124 valence electrons. The molecular weight excluding hydrogens is 288 g/mol. The minimum Gasteiger partial charge on any atom is -0.464 e. The van der Waals surface area contributed by atoms with Gasteiger partial charge in [-0.15, -0.1) is 0 Å². The van der Waals surface area contributed by atoms with Crippen LogP contribution in [-0.4, -0.2) is 25.7 Å². The predicted octanol–water partition coefficient (Wildman–Crippen LogP) is 3.38. The fourth-order valence-electron chi connectivity index (χ4n) is 3.42. The number of carbonyl (C=O) groups excluding carboxylic acids is 1. The summed E-state index contributed by atoms with van der Waals surface area (Å²) in [5, 5.41) is 3.47. The van der Waals surface area contributed by atoms with Crippen molar-refractivity contribution in [2.45, 2.75) is 51.5 Å². The Balaban J connectivity index is 1.75. The van der Waals surface area contributed by atoms with Crippen molar-refractivity contribution < 1.29 is 9.53 Å². The van der Waals surface area contributed by atoms with Crippen molar-refractivity contribution >= 4 is 11.7 Å². The standard InChI is InChI=1S/C19H26N2O2/c1-3-4-12-23-19(22)16-10-7-9-15-13-14-8-5-6-11-17(14)21(2)18(15)20-16/h5-6,8,11,16,20H,3-4,7,9-10,12-13H2,1-2H3. The Kier molecular flexibility index (Phi) is 4.89. The average Bonchev–Trinajstić information content (AvgIpc) is 2.78. The molecule has 0 amide bonds. The van der Waals surface area contributed by atoms with Crippen LogP contribution in [-0.2, 0) is 16.0 Å². The van der Waals surface area contributed by atoms with Crippen LogP contribution in [0.1, 0.15) is 44.6 Å².